The Hall–Kier alpha value is -1.43. The van der Waals surface area contributed by atoms with Crippen molar-refractivity contribution in [2.45, 2.75) is 12.8 Å². The zero-order valence-electron chi connectivity index (χ0n) is 10.1. The number of carbonyl (C=O) groups excluding carboxylic acids is 3. The Labute approximate surface area is 99.9 Å². The Balaban J connectivity index is 2.45. The maximum absolute atomic E-state index is 11.7. The smallest absolute Gasteiger partial charge is 0.313 e. The molecule has 1 aliphatic rings. The van der Waals surface area contributed by atoms with E-state index in [0.29, 0.717) is 19.7 Å². The Morgan fingerprint density at radius 1 is 1.41 bits per heavy atom. The van der Waals surface area contributed by atoms with Crippen molar-refractivity contribution in [3.8, 4) is 0 Å². The second-order valence-electron chi connectivity index (χ2n) is 3.95. The van der Waals surface area contributed by atoms with Gasteiger partial charge in [0.1, 0.15) is 12.2 Å². The molecule has 0 radical (unpaired) electrons. The van der Waals surface area contributed by atoms with Gasteiger partial charge in [-0.3, -0.25) is 14.4 Å². The van der Waals surface area contributed by atoms with Crippen LogP contribution in [0.3, 0.4) is 0 Å². The molecule has 0 spiro atoms. The molecule has 96 valence electrons. The number of carbonyl (C=O) groups is 3. The monoisotopic (exact) mass is 243 g/mol. The van der Waals surface area contributed by atoms with Crippen LogP contribution in [0.15, 0.2) is 0 Å². The molecule has 0 aromatic carbocycles. The van der Waals surface area contributed by atoms with Crippen LogP contribution in [0.5, 0.6) is 0 Å². The lowest BCUT2D eigenvalue weighted by Crippen LogP contribution is -2.30. The molecular weight excluding hydrogens is 226 g/mol. The third-order valence-electron chi connectivity index (χ3n) is 2.78. The van der Waals surface area contributed by atoms with Gasteiger partial charge in [0.25, 0.3) is 0 Å². The number of esters is 1. The summed E-state index contributed by atoms with van der Waals surface area (Å²) in [6, 6.07) is 0. The topological polar surface area (TPSA) is 72.9 Å². The number of hydrogen-bond acceptors (Lipinski definition) is 5. The van der Waals surface area contributed by atoms with E-state index >= 15 is 0 Å². The zero-order valence-corrected chi connectivity index (χ0v) is 10.1. The van der Waals surface area contributed by atoms with Crippen LogP contribution in [-0.4, -0.2) is 56.5 Å². The molecule has 1 atom stereocenters. The molecule has 17 heavy (non-hydrogen) atoms. The van der Waals surface area contributed by atoms with Crippen LogP contribution in [0.2, 0.25) is 0 Å². The number of nitrogens with zero attached hydrogens (tertiary/aromatic N) is 1. The summed E-state index contributed by atoms with van der Waals surface area (Å²) in [5, 5.41) is 0. The number of ketones is 1. The highest BCUT2D eigenvalue weighted by atomic mass is 16.5. The number of likely N-dealkylation sites (tertiary alicyclic amines) is 1. The van der Waals surface area contributed by atoms with Crippen molar-refractivity contribution in [2.75, 3.05) is 33.9 Å². The molecular formula is C11H17NO5. The predicted octanol–water partition coefficient (Wildman–Crippen LogP) is -0.386. The molecule has 1 amide bonds. The number of ether oxygens (including phenoxy) is 2. The Bertz CT molecular complexity index is 315. The molecule has 0 aromatic rings. The minimum Gasteiger partial charge on any atom is -0.469 e. The fourth-order valence-electron chi connectivity index (χ4n) is 1.76. The average Bonchev–Trinajstić information content (AvgIpc) is 2.68. The van der Waals surface area contributed by atoms with E-state index in [-0.39, 0.29) is 24.5 Å². The predicted molar refractivity (Wildman–Crippen MR) is 58.2 cm³/mol. The molecule has 1 unspecified atom stereocenters. The number of hydrogen-bond donors (Lipinski definition) is 0. The average molecular weight is 243 g/mol. The maximum atomic E-state index is 11.7. The summed E-state index contributed by atoms with van der Waals surface area (Å²) >= 11 is 0. The molecule has 0 N–H and O–H groups in total. The highest BCUT2D eigenvalue weighted by molar-refractivity contribution is 5.99. The molecule has 1 aliphatic heterocycles. The Kier molecular flexibility index (Phi) is 5.09. The summed E-state index contributed by atoms with van der Waals surface area (Å²) in [4.78, 5) is 35.8. The minimum atomic E-state index is -0.558. The fourth-order valence-corrected chi connectivity index (χ4v) is 1.76. The first-order chi connectivity index (χ1) is 8.08. The van der Waals surface area contributed by atoms with Crippen LogP contribution >= 0.6 is 0 Å². The van der Waals surface area contributed by atoms with Crippen molar-refractivity contribution in [3.05, 3.63) is 0 Å². The summed E-state index contributed by atoms with van der Waals surface area (Å²) in [6.07, 6.45) is -0.0773. The van der Waals surface area contributed by atoms with Gasteiger partial charge in [0.15, 0.2) is 0 Å². The highest BCUT2D eigenvalue weighted by Gasteiger charge is 2.34. The lowest BCUT2D eigenvalue weighted by molar-refractivity contribution is -0.144. The summed E-state index contributed by atoms with van der Waals surface area (Å²) < 4.78 is 9.30. The van der Waals surface area contributed by atoms with Crippen LogP contribution < -0.4 is 0 Å². The second kappa shape index (κ2) is 6.34. The highest BCUT2D eigenvalue weighted by Crippen LogP contribution is 2.19. The van der Waals surface area contributed by atoms with Gasteiger partial charge in [-0.05, 0) is 0 Å². The first-order valence-electron chi connectivity index (χ1n) is 5.44. The summed E-state index contributed by atoms with van der Waals surface area (Å²) in [5.74, 6) is -1.24. The van der Waals surface area contributed by atoms with Gasteiger partial charge in [-0.15, -0.1) is 0 Å². The molecule has 1 fully saturated rings. The van der Waals surface area contributed by atoms with Crippen molar-refractivity contribution < 1.29 is 23.9 Å². The van der Waals surface area contributed by atoms with E-state index in [4.69, 9.17) is 4.74 Å². The van der Waals surface area contributed by atoms with E-state index in [0.717, 1.165) is 0 Å². The van der Waals surface area contributed by atoms with E-state index in [1.54, 1.807) is 12.0 Å². The van der Waals surface area contributed by atoms with E-state index in [1.807, 2.05) is 0 Å². The first kappa shape index (κ1) is 13.6. The van der Waals surface area contributed by atoms with Crippen LogP contribution in [0.1, 0.15) is 12.8 Å². The van der Waals surface area contributed by atoms with E-state index in [1.165, 1.54) is 7.11 Å². The van der Waals surface area contributed by atoms with Crippen molar-refractivity contribution >= 4 is 17.7 Å². The van der Waals surface area contributed by atoms with E-state index < -0.39 is 11.9 Å². The lowest BCUT2D eigenvalue weighted by Gasteiger charge is -2.15. The molecule has 0 aliphatic carbocycles. The third-order valence-corrected chi connectivity index (χ3v) is 2.78. The normalized spacial score (nSPS) is 19.5. The Morgan fingerprint density at radius 2 is 2.12 bits per heavy atom. The minimum absolute atomic E-state index is 0.0646. The van der Waals surface area contributed by atoms with Gasteiger partial charge in [-0.1, -0.05) is 0 Å². The fraction of sp³-hybridized carbons (Fsp3) is 0.727. The van der Waals surface area contributed by atoms with Gasteiger partial charge >= 0.3 is 5.97 Å². The van der Waals surface area contributed by atoms with Gasteiger partial charge in [-0.2, -0.15) is 0 Å². The molecule has 6 heteroatoms. The quantitative estimate of drug-likeness (QED) is 0.469. The number of Topliss-reactive ketones (excluding diaryl/α,β-unsaturated/α-hetero) is 1. The first-order valence-corrected chi connectivity index (χ1v) is 5.44. The lowest BCUT2D eigenvalue weighted by atomic mass is 10.0. The Morgan fingerprint density at radius 3 is 2.71 bits per heavy atom. The van der Waals surface area contributed by atoms with Gasteiger partial charge in [-0.25, -0.2) is 0 Å². The second-order valence-corrected chi connectivity index (χ2v) is 3.95. The molecule has 0 bridgehead atoms. The summed E-state index contributed by atoms with van der Waals surface area (Å²) in [5.41, 5.74) is 0. The summed E-state index contributed by atoms with van der Waals surface area (Å²) in [6.45, 7) is 1.30. The molecule has 1 saturated heterocycles. The van der Waals surface area contributed by atoms with E-state index in [9.17, 15) is 14.4 Å². The molecule has 0 saturated carbocycles. The van der Waals surface area contributed by atoms with Crippen LogP contribution in [-0.2, 0) is 23.9 Å². The number of methoxy groups -OCH3 is 2. The van der Waals surface area contributed by atoms with Crippen molar-refractivity contribution in [1.82, 2.24) is 4.90 Å². The third kappa shape index (κ3) is 3.81. The SMILES string of the molecule is COCCN1CC(C(=O)CC(=O)OC)CC1=O. The van der Waals surface area contributed by atoms with Gasteiger partial charge in [0, 0.05) is 32.5 Å². The molecule has 1 heterocycles. The molecule has 6 nitrogen and oxygen atoms in total. The van der Waals surface area contributed by atoms with Crippen LogP contribution in [0.25, 0.3) is 0 Å². The maximum Gasteiger partial charge on any atom is 0.313 e. The van der Waals surface area contributed by atoms with Crippen LogP contribution in [0.4, 0.5) is 0 Å². The zero-order chi connectivity index (χ0) is 12.8. The summed E-state index contributed by atoms with van der Waals surface area (Å²) in [7, 11) is 2.79. The van der Waals surface area contributed by atoms with Crippen molar-refractivity contribution in [3.63, 3.8) is 0 Å². The largest absolute Gasteiger partial charge is 0.469 e. The number of rotatable bonds is 6. The molecule has 1 rings (SSSR count). The van der Waals surface area contributed by atoms with E-state index in [2.05, 4.69) is 4.74 Å². The number of amides is 1. The van der Waals surface area contributed by atoms with Crippen molar-refractivity contribution in [2.24, 2.45) is 5.92 Å². The standard InChI is InChI=1S/C11H17NO5/c1-16-4-3-12-7-8(5-10(12)14)9(13)6-11(15)17-2/h8H,3-7H2,1-2H3. The van der Waals surface area contributed by atoms with Gasteiger partial charge in [0.05, 0.1) is 13.7 Å². The van der Waals surface area contributed by atoms with Gasteiger partial charge < -0.3 is 14.4 Å². The van der Waals surface area contributed by atoms with Crippen molar-refractivity contribution in [1.29, 1.82) is 0 Å². The molecule has 0 aromatic heterocycles. The van der Waals surface area contributed by atoms with Crippen LogP contribution in [0, 0.1) is 5.92 Å². The van der Waals surface area contributed by atoms with Gasteiger partial charge in [0.2, 0.25) is 5.91 Å².